The number of hydrogen-bond acceptors (Lipinski definition) is 5. The number of likely N-dealkylation sites (N-methyl/N-ethyl adjacent to an activating group) is 1. The maximum atomic E-state index is 12.8. The summed E-state index contributed by atoms with van der Waals surface area (Å²) in [6.07, 6.45) is 1.00. The van der Waals surface area contributed by atoms with Crippen molar-refractivity contribution in [3.05, 3.63) is 11.4 Å². The molecule has 0 unspecified atom stereocenters. The molecule has 0 spiro atoms. The number of nitrogens with one attached hydrogen (secondary N) is 2. The quantitative estimate of drug-likeness (QED) is 0.731. The van der Waals surface area contributed by atoms with Gasteiger partial charge < -0.3 is 10.2 Å². The third-order valence-electron chi connectivity index (χ3n) is 3.74. The zero-order valence-corrected chi connectivity index (χ0v) is 13.8. The molecule has 120 valence electrons. The summed E-state index contributed by atoms with van der Waals surface area (Å²) in [6.45, 7) is 7.75. The van der Waals surface area contributed by atoms with Gasteiger partial charge in [0.05, 0.1) is 11.4 Å². The lowest BCUT2D eigenvalue weighted by atomic mass is 10.3. The van der Waals surface area contributed by atoms with Crippen molar-refractivity contribution in [3.63, 3.8) is 0 Å². The average Bonchev–Trinajstić information content (AvgIpc) is 2.81. The highest BCUT2D eigenvalue weighted by Crippen LogP contribution is 2.23. The Balaban J connectivity index is 2.21. The van der Waals surface area contributed by atoms with Crippen molar-refractivity contribution < 1.29 is 8.42 Å². The molecule has 0 atom stereocenters. The lowest BCUT2D eigenvalue weighted by Crippen LogP contribution is -2.47. The molecule has 0 bridgehead atoms. The molecule has 21 heavy (non-hydrogen) atoms. The summed E-state index contributed by atoms with van der Waals surface area (Å²) in [5.74, 6) is 0. The van der Waals surface area contributed by atoms with Crippen molar-refractivity contribution in [2.45, 2.75) is 31.7 Å². The highest BCUT2D eigenvalue weighted by molar-refractivity contribution is 7.89. The zero-order valence-electron chi connectivity index (χ0n) is 13.0. The van der Waals surface area contributed by atoms with Gasteiger partial charge in [-0.2, -0.15) is 9.40 Å². The van der Waals surface area contributed by atoms with Gasteiger partial charge in [-0.1, -0.05) is 6.92 Å². The molecule has 1 fully saturated rings. The van der Waals surface area contributed by atoms with Crippen LogP contribution in [-0.4, -0.2) is 67.6 Å². The summed E-state index contributed by atoms with van der Waals surface area (Å²) in [4.78, 5) is 2.48. The summed E-state index contributed by atoms with van der Waals surface area (Å²) in [6, 6.07) is 0. The van der Waals surface area contributed by atoms with Crippen LogP contribution < -0.4 is 5.32 Å². The summed E-state index contributed by atoms with van der Waals surface area (Å²) in [5, 5.41) is 10.2. The highest BCUT2D eigenvalue weighted by atomic mass is 32.2. The molecular formula is C13H25N5O2S. The first kappa shape index (κ1) is 16.4. The minimum absolute atomic E-state index is 0.343. The lowest BCUT2D eigenvalue weighted by Gasteiger charge is -2.31. The Bertz CT molecular complexity index is 561. The van der Waals surface area contributed by atoms with Crippen LogP contribution in [0.3, 0.4) is 0 Å². The van der Waals surface area contributed by atoms with E-state index >= 15 is 0 Å². The fourth-order valence-corrected chi connectivity index (χ4v) is 4.22. The molecule has 2 rings (SSSR count). The van der Waals surface area contributed by atoms with E-state index in [0.29, 0.717) is 35.9 Å². The minimum atomic E-state index is -3.47. The first-order valence-electron chi connectivity index (χ1n) is 7.40. The van der Waals surface area contributed by atoms with Crippen LogP contribution in [0.15, 0.2) is 4.90 Å². The van der Waals surface area contributed by atoms with Crippen LogP contribution in [0.2, 0.25) is 0 Å². The predicted octanol–water partition coefficient (Wildman–Crippen LogP) is 0.154. The number of rotatable bonds is 6. The van der Waals surface area contributed by atoms with Gasteiger partial charge in [-0.3, -0.25) is 5.10 Å². The molecule has 0 amide bonds. The van der Waals surface area contributed by atoms with Crippen LogP contribution in [-0.2, 0) is 16.6 Å². The Kier molecular flexibility index (Phi) is 5.37. The molecule has 0 aliphatic carbocycles. The monoisotopic (exact) mass is 315 g/mol. The summed E-state index contributed by atoms with van der Waals surface area (Å²) in [7, 11) is -1.46. The number of sulfonamides is 1. The smallest absolute Gasteiger partial charge is 0.246 e. The minimum Gasteiger partial charge on any atom is -0.311 e. The largest absolute Gasteiger partial charge is 0.311 e. The number of hydrogen-bond donors (Lipinski definition) is 2. The molecule has 2 heterocycles. The molecule has 1 aliphatic heterocycles. The molecular weight excluding hydrogens is 290 g/mol. The predicted molar refractivity (Wildman–Crippen MR) is 81.6 cm³/mol. The van der Waals surface area contributed by atoms with Crippen LogP contribution in [0.25, 0.3) is 0 Å². The van der Waals surface area contributed by atoms with Crippen LogP contribution in [0.1, 0.15) is 24.7 Å². The van der Waals surface area contributed by atoms with Gasteiger partial charge in [0.25, 0.3) is 0 Å². The van der Waals surface area contributed by atoms with Gasteiger partial charge in [-0.15, -0.1) is 0 Å². The molecule has 1 aliphatic rings. The highest BCUT2D eigenvalue weighted by Gasteiger charge is 2.32. The Labute approximate surface area is 126 Å². The van der Waals surface area contributed by atoms with E-state index in [1.54, 1.807) is 11.2 Å². The molecule has 1 aromatic rings. The van der Waals surface area contributed by atoms with Gasteiger partial charge in [-0.05, 0) is 26.9 Å². The Morgan fingerprint density at radius 1 is 1.29 bits per heavy atom. The van der Waals surface area contributed by atoms with Crippen LogP contribution in [0.5, 0.6) is 0 Å². The van der Waals surface area contributed by atoms with Gasteiger partial charge in [0.1, 0.15) is 4.90 Å². The maximum absolute atomic E-state index is 12.8. The van der Waals surface area contributed by atoms with E-state index in [9.17, 15) is 8.42 Å². The van der Waals surface area contributed by atoms with Crippen LogP contribution in [0, 0.1) is 6.92 Å². The molecule has 1 aromatic heterocycles. The fourth-order valence-electron chi connectivity index (χ4n) is 2.47. The molecule has 0 saturated carbocycles. The van der Waals surface area contributed by atoms with Crippen molar-refractivity contribution >= 4 is 10.0 Å². The second-order valence-electron chi connectivity index (χ2n) is 5.51. The Morgan fingerprint density at radius 2 is 1.95 bits per heavy atom. The third-order valence-corrected chi connectivity index (χ3v) is 5.84. The van der Waals surface area contributed by atoms with E-state index in [2.05, 4.69) is 27.3 Å². The zero-order chi connectivity index (χ0) is 15.5. The molecule has 1 saturated heterocycles. The van der Waals surface area contributed by atoms with Crippen molar-refractivity contribution in [2.24, 2.45) is 0 Å². The van der Waals surface area contributed by atoms with Gasteiger partial charge in [0.15, 0.2) is 0 Å². The second-order valence-corrected chi connectivity index (χ2v) is 7.38. The van der Waals surface area contributed by atoms with Gasteiger partial charge in [0, 0.05) is 32.7 Å². The number of nitrogens with zero attached hydrogens (tertiary/aromatic N) is 3. The van der Waals surface area contributed by atoms with E-state index < -0.39 is 10.0 Å². The Morgan fingerprint density at radius 3 is 2.57 bits per heavy atom. The number of aryl methyl sites for hydroxylation is 1. The molecule has 0 aromatic carbocycles. The maximum Gasteiger partial charge on any atom is 0.246 e. The number of aromatic nitrogens is 2. The molecule has 0 radical (unpaired) electrons. The van der Waals surface area contributed by atoms with Crippen LogP contribution >= 0.6 is 0 Å². The van der Waals surface area contributed by atoms with Gasteiger partial charge in [0.2, 0.25) is 10.0 Å². The first-order valence-corrected chi connectivity index (χ1v) is 8.84. The summed E-state index contributed by atoms with van der Waals surface area (Å²) < 4.78 is 27.3. The van der Waals surface area contributed by atoms with E-state index in [1.165, 1.54) is 0 Å². The molecule has 7 nitrogen and oxygen atoms in total. The van der Waals surface area contributed by atoms with Gasteiger partial charge in [-0.25, -0.2) is 8.42 Å². The SMILES string of the molecule is CCCNCc1n[nH]c(C)c1S(=O)(=O)N1CCN(C)CC1. The number of piperazine rings is 1. The van der Waals surface area contributed by atoms with E-state index in [0.717, 1.165) is 26.1 Å². The standard InChI is InChI=1S/C13H25N5O2S/c1-4-5-14-10-12-13(11(2)15-16-12)21(19,20)18-8-6-17(3)7-9-18/h14H,4-10H2,1-3H3,(H,15,16). The molecule has 8 heteroatoms. The topological polar surface area (TPSA) is 81.3 Å². The number of aromatic amines is 1. The first-order chi connectivity index (χ1) is 9.96. The lowest BCUT2D eigenvalue weighted by molar-refractivity contribution is 0.222. The van der Waals surface area contributed by atoms with Crippen molar-refractivity contribution in [1.29, 1.82) is 0 Å². The van der Waals surface area contributed by atoms with Crippen LogP contribution in [0.4, 0.5) is 0 Å². The Hall–Kier alpha value is -0.960. The van der Waals surface area contributed by atoms with E-state index in [4.69, 9.17) is 0 Å². The normalized spacial score (nSPS) is 18.2. The summed E-state index contributed by atoms with van der Waals surface area (Å²) >= 11 is 0. The second kappa shape index (κ2) is 6.87. The van der Waals surface area contributed by atoms with E-state index in [-0.39, 0.29) is 0 Å². The van der Waals surface area contributed by atoms with E-state index in [1.807, 2.05) is 7.05 Å². The number of H-pyrrole nitrogens is 1. The average molecular weight is 315 g/mol. The van der Waals surface area contributed by atoms with Crippen molar-refractivity contribution in [1.82, 2.24) is 24.7 Å². The molecule has 2 N–H and O–H groups in total. The fraction of sp³-hybridized carbons (Fsp3) is 0.769. The summed E-state index contributed by atoms with van der Waals surface area (Å²) in [5.41, 5.74) is 1.20. The van der Waals surface area contributed by atoms with Gasteiger partial charge >= 0.3 is 0 Å². The van der Waals surface area contributed by atoms with Crippen molar-refractivity contribution in [2.75, 3.05) is 39.8 Å². The van der Waals surface area contributed by atoms with Crippen molar-refractivity contribution in [3.8, 4) is 0 Å². The third kappa shape index (κ3) is 3.63.